The predicted octanol–water partition coefficient (Wildman–Crippen LogP) is 2.98. The summed E-state index contributed by atoms with van der Waals surface area (Å²) >= 11 is 0. The van der Waals surface area contributed by atoms with Gasteiger partial charge in [-0.3, -0.25) is 9.59 Å². The van der Waals surface area contributed by atoms with Crippen molar-refractivity contribution in [3.8, 4) is 0 Å². The van der Waals surface area contributed by atoms with Crippen LogP contribution in [0.3, 0.4) is 0 Å². The molecule has 0 unspecified atom stereocenters. The number of aliphatic carboxylic acids is 1. The first-order valence-corrected chi connectivity index (χ1v) is 7.22. The van der Waals surface area contributed by atoms with E-state index in [9.17, 15) is 14.7 Å². The number of hydrogen-bond acceptors (Lipinski definition) is 2. The van der Waals surface area contributed by atoms with Crippen molar-refractivity contribution in [2.24, 2.45) is 17.3 Å². The summed E-state index contributed by atoms with van der Waals surface area (Å²) in [6.07, 6.45) is 1.02. The number of amides is 1. The maximum absolute atomic E-state index is 12.4. The van der Waals surface area contributed by atoms with E-state index in [0.29, 0.717) is 12.8 Å². The molecule has 0 radical (unpaired) electrons. The summed E-state index contributed by atoms with van der Waals surface area (Å²) in [5, 5.41) is 12.3. The lowest BCUT2D eigenvalue weighted by molar-refractivity contribution is -0.147. The molecule has 2 N–H and O–H groups in total. The Morgan fingerprint density at radius 3 is 2.00 bits per heavy atom. The number of carboxylic acids is 1. The smallest absolute Gasteiger partial charge is 0.307 e. The zero-order valence-electron chi connectivity index (χ0n) is 13.4. The average Bonchev–Trinajstić information content (AvgIpc) is 2.30. The zero-order chi connectivity index (χ0) is 15.7. The van der Waals surface area contributed by atoms with Crippen molar-refractivity contribution in [3.63, 3.8) is 0 Å². The lowest BCUT2D eigenvalue weighted by atomic mass is 9.75. The fourth-order valence-electron chi connectivity index (χ4n) is 2.36. The number of hydrogen-bond donors (Lipinski definition) is 2. The molecule has 0 aromatic heterocycles. The summed E-state index contributed by atoms with van der Waals surface area (Å²) in [6, 6.07) is 0.0109. The Morgan fingerprint density at radius 1 is 1.15 bits per heavy atom. The van der Waals surface area contributed by atoms with E-state index in [4.69, 9.17) is 0 Å². The molecule has 0 fully saturated rings. The molecule has 1 aliphatic rings. The Morgan fingerprint density at radius 2 is 1.60 bits per heavy atom. The number of rotatable bonds is 3. The van der Waals surface area contributed by atoms with Crippen LogP contribution in [0.5, 0.6) is 0 Å². The molecule has 0 aromatic rings. The molecule has 114 valence electrons. The molecule has 1 amide bonds. The summed E-state index contributed by atoms with van der Waals surface area (Å²) in [5.74, 6) is -2.07. The fourth-order valence-corrected chi connectivity index (χ4v) is 2.36. The molecule has 0 saturated carbocycles. The van der Waals surface area contributed by atoms with Gasteiger partial charge in [0, 0.05) is 6.04 Å². The van der Waals surface area contributed by atoms with Crippen molar-refractivity contribution in [2.45, 2.75) is 60.4 Å². The summed E-state index contributed by atoms with van der Waals surface area (Å²) < 4.78 is 0. The minimum Gasteiger partial charge on any atom is -0.481 e. The Kier molecular flexibility index (Phi) is 5.00. The van der Waals surface area contributed by atoms with Gasteiger partial charge in [0.05, 0.1) is 11.8 Å². The lowest BCUT2D eigenvalue weighted by Gasteiger charge is -2.33. The molecule has 20 heavy (non-hydrogen) atoms. The maximum Gasteiger partial charge on any atom is 0.307 e. The number of nitrogens with one attached hydrogen (secondary N) is 1. The summed E-state index contributed by atoms with van der Waals surface area (Å²) in [6.45, 7) is 12.1. The second kappa shape index (κ2) is 5.98. The van der Waals surface area contributed by atoms with Crippen LogP contribution in [0.4, 0.5) is 0 Å². The van der Waals surface area contributed by atoms with Gasteiger partial charge in [-0.1, -0.05) is 31.9 Å². The molecule has 4 nitrogen and oxygen atoms in total. The van der Waals surface area contributed by atoms with Crippen molar-refractivity contribution >= 4 is 11.9 Å². The van der Waals surface area contributed by atoms with Crippen LogP contribution in [0.15, 0.2) is 11.1 Å². The van der Waals surface area contributed by atoms with Crippen molar-refractivity contribution in [1.29, 1.82) is 0 Å². The van der Waals surface area contributed by atoms with E-state index in [2.05, 4.69) is 26.1 Å². The van der Waals surface area contributed by atoms with Crippen molar-refractivity contribution in [3.05, 3.63) is 11.1 Å². The summed E-state index contributed by atoms with van der Waals surface area (Å²) in [7, 11) is 0. The first kappa shape index (κ1) is 16.7. The first-order valence-electron chi connectivity index (χ1n) is 7.22. The Hall–Kier alpha value is -1.32. The van der Waals surface area contributed by atoms with Gasteiger partial charge < -0.3 is 10.4 Å². The first-order chi connectivity index (χ1) is 9.04. The molecular formula is C16H27NO3. The van der Waals surface area contributed by atoms with Crippen molar-refractivity contribution in [1.82, 2.24) is 5.32 Å². The van der Waals surface area contributed by atoms with E-state index in [1.807, 2.05) is 20.8 Å². The van der Waals surface area contributed by atoms with Gasteiger partial charge in [-0.15, -0.1) is 0 Å². The largest absolute Gasteiger partial charge is 0.481 e. The van der Waals surface area contributed by atoms with Gasteiger partial charge >= 0.3 is 5.97 Å². The number of allylic oxidation sites excluding steroid dienone is 2. The molecule has 1 aliphatic carbocycles. The van der Waals surface area contributed by atoms with Crippen LogP contribution in [0, 0.1) is 17.3 Å². The molecule has 0 bridgehead atoms. The molecule has 0 saturated heterocycles. The zero-order valence-corrected chi connectivity index (χ0v) is 13.4. The average molecular weight is 281 g/mol. The van der Waals surface area contributed by atoms with Gasteiger partial charge in [-0.05, 0) is 39.0 Å². The molecule has 0 aliphatic heterocycles. The lowest BCUT2D eigenvalue weighted by Crippen LogP contribution is -2.47. The highest BCUT2D eigenvalue weighted by Gasteiger charge is 2.38. The normalized spacial score (nSPS) is 25.3. The monoisotopic (exact) mass is 281 g/mol. The SMILES string of the molecule is CC1=C(C)C[C@@H](C(=O)N[C@@H](C)C(C)(C)C)[C@H](C(=O)O)C1. The molecule has 3 atom stereocenters. The molecule has 4 heteroatoms. The van der Waals surface area contributed by atoms with Gasteiger partial charge in [0.2, 0.25) is 5.91 Å². The molecular weight excluding hydrogens is 254 g/mol. The van der Waals surface area contributed by atoms with Gasteiger partial charge in [0.25, 0.3) is 0 Å². The van der Waals surface area contributed by atoms with E-state index < -0.39 is 17.8 Å². The van der Waals surface area contributed by atoms with Crippen LogP contribution in [0.1, 0.15) is 54.4 Å². The minimum absolute atomic E-state index is 0.0109. The topological polar surface area (TPSA) is 66.4 Å². The molecule has 0 spiro atoms. The third kappa shape index (κ3) is 3.84. The highest BCUT2D eigenvalue weighted by molar-refractivity contribution is 5.85. The van der Waals surface area contributed by atoms with Crippen LogP contribution in [0.2, 0.25) is 0 Å². The number of carboxylic acid groups (broad SMARTS) is 1. The van der Waals surface area contributed by atoms with Gasteiger partial charge in [0.1, 0.15) is 0 Å². The van der Waals surface area contributed by atoms with Crippen LogP contribution in [-0.2, 0) is 9.59 Å². The van der Waals surface area contributed by atoms with Crippen LogP contribution in [-0.4, -0.2) is 23.0 Å². The van der Waals surface area contributed by atoms with Crippen molar-refractivity contribution < 1.29 is 14.7 Å². The van der Waals surface area contributed by atoms with Gasteiger partial charge in [-0.25, -0.2) is 0 Å². The Balaban J connectivity index is 2.87. The highest BCUT2D eigenvalue weighted by atomic mass is 16.4. The van der Waals surface area contributed by atoms with E-state index in [1.54, 1.807) is 0 Å². The second-order valence-corrected chi connectivity index (χ2v) is 7.12. The van der Waals surface area contributed by atoms with Crippen molar-refractivity contribution in [2.75, 3.05) is 0 Å². The second-order valence-electron chi connectivity index (χ2n) is 7.12. The quantitative estimate of drug-likeness (QED) is 0.782. The van der Waals surface area contributed by atoms with E-state index >= 15 is 0 Å². The third-order valence-corrected chi connectivity index (χ3v) is 4.58. The van der Waals surface area contributed by atoms with Crippen LogP contribution in [0.25, 0.3) is 0 Å². The van der Waals surface area contributed by atoms with Crippen LogP contribution >= 0.6 is 0 Å². The highest BCUT2D eigenvalue weighted by Crippen LogP contribution is 2.34. The van der Waals surface area contributed by atoms with Crippen LogP contribution < -0.4 is 5.32 Å². The minimum atomic E-state index is -0.875. The van der Waals surface area contributed by atoms with Gasteiger partial charge in [-0.2, -0.15) is 0 Å². The third-order valence-electron chi connectivity index (χ3n) is 4.58. The van der Waals surface area contributed by atoms with E-state index in [-0.39, 0.29) is 17.4 Å². The Bertz CT molecular complexity index is 431. The number of carbonyl (C=O) groups excluding carboxylic acids is 1. The Labute approximate surface area is 121 Å². The van der Waals surface area contributed by atoms with E-state index in [0.717, 1.165) is 11.1 Å². The van der Waals surface area contributed by atoms with Gasteiger partial charge in [0.15, 0.2) is 0 Å². The molecule has 0 aromatic carbocycles. The molecule has 0 heterocycles. The standard InChI is InChI=1S/C16H27NO3/c1-9-7-12(13(15(19)20)8-10(9)2)14(18)17-11(3)16(4,5)6/h11-13H,7-8H2,1-6H3,(H,17,18)(H,19,20)/t11-,12+,13+/m0/s1. The summed E-state index contributed by atoms with van der Waals surface area (Å²) in [5.41, 5.74) is 2.21. The number of carbonyl (C=O) groups is 2. The fraction of sp³-hybridized carbons (Fsp3) is 0.750. The maximum atomic E-state index is 12.4. The molecule has 1 rings (SSSR count). The summed E-state index contributed by atoms with van der Waals surface area (Å²) in [4.78, 5) is 23.8. The van der Waals surface area contributed by atoms with E-state index in [1.165, 1.54) is 0 Å². The predicted molar refractivity (Wildman–Crippen MR) is 79.3 cm³/mol.